The lowest BCUT2D eigenvalue weighted by Gasteiger charge is -2.10. The van der Waals surface area contributed by atoms with E-state index in [0.29, 0.717) is 19.4 Å². The highest BCUT2D eigenvalue weighted by molar-refractivity contribution is 6.32. The Morgan fingerprint density at radius 3 is 2.61 bits per heavy atom. The number of halogens is 1. The summed E-state index contributed by atoms with van der Waals surface area (Å²) < 4.78 is 5.90. The largest absolute Gasteiger partial charge is 0.494 e. The van der Waals surface area contributed by atoms with Gasteiger partial charge in [-0.05, 0) is 61.6 Å². The number of nitrogens with zero attached hydrogens (tertiary/aromatic N) is 1. The molecule has 158 valence electrons. The summed E-state index contributed by atoms with van der Waals surface area (Å²) in [4.78, 5) is 19.2. The maximum absolute atomic E-state index is 11.9. The summed E-state index contributed by atoms with van der Waals surface area (Å²) in [6, 6.07) is 13.6. The minimum Gasteiger partial charge on any atom is -0.494 e. The van der Waals surface area contributed by atoms with Crippen molar-refractivity contribution in [2.45, 2.75) is 26.7 Å². The molecule has 0 aliphatic rings. The van der Waals surface area contributed by atoms with Crippen LogP contribution in [0.15, 0.2) is 54.9 Å². The number of hydrogen-bond donors (Lipinski definition) is 2. The fraction of sp³-hybridized carbons (Fsp3) is 0.200. The summed E-state index contributed by atoms with van der Waals surface area (Å²) in [5, 5.41) is 11.4. The molecule has 4 aromatic rings. The number of carboxylic acids is 1. The van der Waals surface area contributed by atoms with E-state index in [-0.39, 0.29) is 5.69 Å². The predicted molar refractivity (Wildman–Crippen MR) is 123 cm³/mol. The number of carbonyl (C=O) groups is 1. The normalized spacial score (nSPS) is 11.1. The Balaban J connectivity index is 1.57. The Hall–Kier alpha value is -3.31. The monoisotopic (exact) mass is 434 g/mol. The van der Waals surface area contributed by atoms with Gasteiger partial charge in [0, 0.05) is 33.9 Å². The number of aromatic amines is 1. The Labute approximate surface area is 185 Å². The molecule has 0 unspecified atom stereocenters. The Bertz CT molecular complexity index is 1230. The van der Waals surface area contributed by atoms with Crippen LogP contribution in [-0.4, -0.2) is 27.7 Å². The van der Waals surface area contributed by atoms with Gasteiger partial charge < -0.3 is 14.8 Å². The minimum atomic E-state index is -0.965. The van der Waals surface area contributed by atoms with E-state index in [1.165, 1.54) is 0 Å². The minimum absolute atomic E-state index is 0.226. The number of fused-ring (bicyclic) bond motifs is 1. The first-order valence-electron chi connectivity index (χ1n) is 10.1. The Kier molecular flexibility index (Phi) is 5.96. The molecular formula is C25H23ClN2O3. The quantitative estimate of drug-likeness (QED) is 0.339. The standard InChI is InChI=1S/C25H23ClN2O3/c1-15-12-18(13-16(2)22(15)26)31-11-5-9-21-20-8-3-7-19(17-6-4-10-27-14-17)23(20)28-24(21)25(29)30/h3-4,6-8,10,12-14,28H,5,9,11H2,1-2H3,(H,29,30). The molecule has 0 aliphatic heterocycles. The molecule has 0 bridgehead atoms. The van der Waals surface area contributed by atoms with Crippen molar-refractivity contribution < 1.29 is 14.6 Å². The third kappa shape index (κ3) is 4.28. The summed E-state index contributed by atoms with van der Waals surface area (Å²) in [6.45, 7) is 4.38. The SMILES string of the molecule is Cc1cc(OCCCc2c(C(=O)O)[nH]c3c(-c4cccnc4)cccc23)cc(C)c1Cl. The van der Waals surface area contributed by atoms with Crippen LogP contribution in [0.1, 0.15) is 33.6 Å². The van der Waals surface area contributed by atoms with E-state index in [4.69, 9.17) is 16.3 Å². The molecule has 2 aromatic heterocycles. The number of aryl methyl sites for hydroxylation is 3. The molecular weight excluding hydrogens is 412 g/mol. The van der Waals surface area contributed by atoms with Gasteiger partial charge in [0.05, 0.1) is 12.1 Å². The molecule has 0 aliphatic carbocycles. The smallest absolute Gasteiger partial charge is 0.352 e. The number of para-hydroxylation sites is 1. The van der Waals surface area contributed by atoms with Gasteiger partial charge >= 0.3 is 5.97 Å². The van der Waals surface area contributed by atoms with Gasteiger partial charge in [0.25, 0.3) is 0 Å². The average molecular weight is 435 g/mol. The fourth-order valence-electron chi connectivity index (χ4n) is 3.91. The lowest BCUT2D eigenvalue weighted by Crippen LogP contribution is -2.04. The van der Waals surface area contributed by atoms with Gasteiger partial charge in [0.1, 0.15) is 11.4 Å². The second-order valence-electron chi connectivity index (χ2n) is 7.58. The molecule has 6 heteroatoms. The molecule has 0 saturated heterocycles. The van der Waals surface area contributed by atoms with Crippen molar-refractivity contribution in [3.63, 3.8) is 0 Å². The number of nitrogens with one attached hydrogen (secondary N) is 1. The summed E-state index contributed by atoms with van der Waals surface area (Å²) in [5.74, 6) is -0.191. The van der Waals surface area contributed by atoms with Crippen LogP contribution < -0.4 is 4.74 Å². The number of ether oxygens (including phenoxy) is 1. The number of aromatic nitrogens is 2. The topological polar surface area (TPSA) is 75.2 Å². The summed E-state index contributed by atoms with van der Waals surface area (Å²) >= 11 is 6.22. The second kappa shape index (κ2) is 8.82. The molecule has 2 heterocycles. The van der Waals surface area contributed by atoms with Crippen molar-refractivity contribution in [3.05, 3.63) is 82.3 Å². The van der Waals surface area contributed by atoms with Crippen LogP contribution in [0.5, 0.6) is 5.75 Å². The maximum Gasteiger partial charge on any atom is 0.352 e. The summed E-state index contributed by atoms with van der Waals surface area (Å²) in [6.07, 6.45) is 4.77. The third-order valence-corrected chi connectivity index (χ3v) is 5.97. The Morgan fingerprint density at radius 2 is 1.94 bits per heavy atom. The van der Waals surface area contributed by atoms with E-state index in [1.54, 1.807) is 12.4 Å². The van der Waals surface area contributed by atoms with Crippen LogP contribution in [0, 0.1) is 13.8 Å². The number of rotatable bonds is 7. The van der Waals surface area contributed by atoms with Crippen LogP contribution in [-0.2, 0) is 6.42 Å². The van der Waals surface area contributed by atoms with Crippen LogP contribution >= 0.6 is 11.6 Å². The predicted octanol–water partition coefficient (Wildman–Crippen LogP) is 6.21. The highest BCUT2D eigenvalue weighted by Gasteiger charge is 2.19. The molecule has 0 radical (unpaired) electrons. The number of carboxylic acid groups (broad SMARTS) is 1. The summed E-state index contributed by atoms with van der Waals surface area (Å²) in [7, 11) is 0. The van der Waals surface area contributed by atoms with Gasteiger partial charge in [-0.2, -0.15) is 0 Å². The number of aromatic carboxylic acids is 1. The van der Waals surface area contributed by atoms with Gasteiger partial charge in [-0.1, -0.05) is 35.9 Å². The molecule has 2 aromatic carbocycles. The molecule has 2 N–H and O–H groups in total. The second-order valence-corrected chi connectivity index (χ2v) is 7.95. The number of pyridine rings is 1. The van der Waals surface area contributed by atoms with Gasteiger partial charge in [-0.15, -0.1) is 0 Å². The fourth-order valence-corrected chi connectivity index (χ4v) is 4.02. The van der Waals surface area contributed by atoms with E-state index in [1.807, 2.05) is 56.3 Å². The zero-order chi connectivity index (χ0) is 22.0. The van der Waals surface area contributed by atoms with Crippen molar-refractivity contribution in [2.75, 3.05) is 6.61 Å². The van der Waals surface area contributed by atoms with E-state index in [0.717, 1.165) is 49.5 Å². The van der Waals surface area contributed by atoms with E-state index >= 15 is 0 Å². The van der Waals surface area contributed by atoms with Gasteiger partial charge in [0.15, 0.2) is 0 Å². The molecule has 0 saturated carbocycles. The van der Waals surface area contributed by atoms with Crippen molar-refractivity contribution in [2.24, 2.45) is 0 Å². The number of H-pyrrole nitrogens is 1. The van der Waals surface area contributed by atoms with Crippen molar-refractivity contribution in [1.29, 1.82) is 0 Å². The molecule has 31 heavy (non-hydrogen) atoms. The lowest BCUT2D eigenvalue weighted by molar-refractivity contribution is 0.0690. The van der Waals surface area contributed by atoms with Crippen LogP contribution in [0.25, 0.3) is 22.0 Å². The van der Waals surface area contributed by atoms with Gasteiger partial charge in [0.2, 0.25) is 0 Å². The van der Waals surface area contributed by atoms with Crippen molar-refractivity contribution in [3.8, 4) is 16.9 Å². The first-order chi connectivity index (χ1) is 15.0. The van der Waals surface area contributed by atoms with Crippen LogP contribution in [0.2, 0.25) is 5.02 Å². The molecule has 0 spiro atoms. The van der Waals surface area contributed by atoms with Crippen LogP contribution in [0.3, 0.4) is 0 Å². The number of benzene rings is 2. The molecule has 4 rings (SSSR count). The highest BCUT2D eigenvalue weighted by atomic mass is 35.5. The van der Waals surface area contributed by atoms with Gasteiger partial charge in [-0.25, -0.2) is 4.79 Å². The zero-order valence-electron chi connectivity index (χ0n) is 17.4. The lowest BCUT2D eigenvalue weighted by atomic mass is 10.0. The molecule has 0 atom stereocenters. The number of hydrogen-bond acceptors (Lipinski definition) is 3. The van der Waals surface area contributed by atoms with E-state index < -0.39 is 5.97 Å². The van der Waals surface area contributed by atoms with Crippen molar-refractivity contribution in [1.82, 2.24) is 9.97 Å². The molecule has 0 fully saturated rings. The Morgan fingerprint density at radius 1 is 1.16 bits per heavy atom. The third-order valence-electron chi connectivity index (χ3n) is 5.38. The summed E-state index contributed by atoms with van der Waals surface area (Å²) in [5.41, 5.74) is 5.66. The molecule has 5 nitrogen and oxygen atoms in total. The van der Waals surface area contributed by atoms with Gasteiger partial charge in [-0.3, -0.25) is 4.98 Å². The van der Waals surface area contributed by atoms with E-state index in [9.17, 15) is 9.90 Å². The highest BCUT2D eigenvalue weighted by Crippen LogP contribution is 2.32. The average Bonchev–Trinajstić information content (AvgIpc) is 3.14. The first kappa shape index (κ1) is 20.9. The maximum atomic E-state index is 11.9. The zero-order valence-corrected chi connectivity index (χ0v) is 18.2. The molecule has 0 amide bonds. The van der Waals surface area contributed by atoms with Crippen LogP contribution in [0.4, 0.5) is 0 Å². The van der Waals surface area contributed by atoms with Crippen molar-refractivity contribution >= 4 is 28.5 Å². The van der Waals surface area contributed by atoms with E-state index in [2.05, 4.69) is 9.97 Å². The first-order valence-corrected chi connectivity index (χ1v) is 10.5.